The first-order chi connectivity index (χ1) is 10.6. The van der Waals surface area contributed by atoms with E-state index in [1.807, 2.05) is 6.07 Å². The van der Waals surface area contributed by atoms with Gasteiger partial charge in [0.05, 0.1) is 13.2 Å². The number of amides is 1. The minimum atomic E-state index is 0.0306. The molecular formula is C18H28N2O2. The molecule has 0 unspecified atom stereocenters. The second kappa shape index (κ2) is 8.30. The summed E-state index contributed by atoms with van der Waals surface area (Å²) in [5.74, 6) is 0.150. The van der Waals surface area contributed by atoms with Gasteiger partial charge in [-0.1, -0.05) is 44.2 Å². The third-order valence-electron chi connectivity index (χ3n) is 4.39. The van der Waals surface area contributed by atoms with Gasteiger partial charge in [-0.2, -0.15) is 0 Å². The summed E-state index contributed by atoms with van der Waals surface area (Å²) in [7, 11) is 0. The molecule has 1 N–H and O–H groups in total. The number of nitrogens with zero attached hydrogens (tertiary/aromatic N) is 1. The van der Waals surface area contributed by atoms with Gasteiger partial charge >= 0.3 is 0 Å². The first-order valence-corrected chi connectivity index (χ1v) is 8.20. The largest absolute Gasteiger partial charge is 0.379 e. The molecule has 0 spiro atoms. The van der Waals surface area contributed by atoms with Crippen LogP contribution in [0.3, 0.4) is 0 Å². The minimum Gasteiger partial charge on any atom is -0.379 e. The normalized spacial score (nSPS) is 16.5. The molecule has 4 nitrogen and oxygen atoms in total. The van der Waals surface area contributed by atoms with Gasteiger partial charge in [0.1, 0.15) is 0 Å². The molecule has 122 valence electrons. The second-order valence-corrected chi connectivity index (χ2v) is 6.55. The van der Waals surface area contributed by atoms with Crippen LogP contribution in [0.1, 0.15) is 32.3 Å². The number of morpholine rings is 1. The topological polar surface area (TPSA) is 41.6 Å². The lowest BCUT2D eigenvalue weighted by Crippen LogP contribution is -2.41. The average molecular weight is 304 g/mol. The van der Waals surface area contributed by atoms with Crippen molar-refractivity contribution >= 4 is 5.91 Å². The van der Waals surface area contributed by atoms with Gasteiger partial charge in [0.15, 0.2) is 0 Å². The molecule has 1 aromatic carbocycles. The summed E-state index contributed by atoms with van der Waals surface area (Å²) in [6.45, 7) is 9.58. The Morgan fingerprint density at radius 2 is 1.91 bits per heavy atom. The number of benzene rings is 1. The van der Waals surface area contributed by atoms with Crippen LogP contribution in [0, 0.1) is 0 Å². The monoisotopic (exact) mass is 304 g/mol. The maximum atomic E-state index is 12.0. The van der Waals surface area contributed by atoms with Crippen molar-refractivity contribution in [2.24, 2.45) is 0 Å². The molecule has 0 saturated carbocycles. The molecule has 0 aliphatic carbocycles. The smallest absolute Gasteiger partial charge is 0.220 e. The second-order valence-electron chi connectivity index (χ2n) is 6.55. The van der Waals surface area contributed by atoms with Gasteiger partial charge in [-0.25, -0.2) is 0 Å². The number of hydrogen-bond donors (Lipinski definition) is 1. The predicted molar refractivity (Wildman–Crippen MR) is 89.0 cm³/mol. The van der Waals surface area contributed by atoms with E-state index in [4.69, 9.17) is 4.74 Å². The van der Waals surface area contributed by atoms with Crippen molar-refractivity contribution in [3.05, 3.63) is 35.9 Å². The Hall–Kier alpha value is -1.39. The summed E-state index contributed by atoms with van der Waals surface area (Å²) < 4.78 is 5.32. The Morgan fingerprint density at radius 1 is 1.23 bits per heavy atom. The van der Waals surface area contributed by atoms with Crippen LogP contribution in [0.5, 0.6) is 0 Å². The van der Waals surface area contributed by atoms with Crippen LogP contribution in [0.15, 0.2) is 30.3 Å². The number of carbonyl (C=O) groups excluding carboxylic acids is 1. The molecule has 1 heterocycles. The van der Waals surface area contributed by atoms with E-state index in [0.29, 0.717) is 6.42 Å². The minimum absolute atomic E-state index is 0.0306. The van der Waals surface area contributed by atoms with Crippen LogP contribution >= 0.6 is 0 Å². The van der Waals surface area contributed by atoms with Gasteiger partial charge in [-0.05, 0) is 17.4 Å². The molecule has 0 aromatic heterocycles. The Kier molecular flexibility index (Phi) is 6.40. The van der Waals surface area contributed by atoms with Crippen LogP contribution in [-0.4, -0.2) is 50.2 Å². The van der Waals surface area contributed by atoms with Crippen molar-refractivity contribution in [2.75, 3.05) is 39.4 Å². The average Bonchev–Trinajstić information content (AvgIpc) is 2.55. The van der Waals surface area contributed by atoms with Gasteiger partial charge in [0.25, 0.3) is 0 Å². The standard InChI is InChI=1S/C18H28N2O2/c1-18(2,16-6-4-3-5-7-16)9-8-17(21)19-10-11-20-12-14-22-15-13-20/h3-7H,8-15H2,1-2H3,(H,19,21). The fourth-order valence-corrected chi connectivity index (χ4v) is 2.73. The highest BCUT2D eigenvalue weighted by Crippen LogP contribution is 2.27. The Labute approximate surface area is 133 Å². The Bertz CT molecular complexity index is 453. The van der Waals surface area contributed by atoms with E-state index >= 15 is 0 Å². The zero-order valence-corrected chi connectivity index (χ0v) is 13.8. The van der Waals surface area contributed by atoms with Gasteiger partial charge in [-0.15, -0.1) is 0 Å². The van der Waals surface area contributed by atoms with Crippen molar-refractivity contribution < 1.29 is 9.53 Å². The quantitative estimate of drug-likeness (QED) is 0.839. The number of carbonyl (C=O) groups is 1. The Morgan fingerprint density at radius 3 is 2.59 bits per heavy atom. The van der Waals surface area contributed by atoms with Crippen molar-refractivity contribution in [3.63, 3.8) is 0 Å². The first-order valence-electron chi connectivity index (χ1n) is 8.20. The summed E-state index contributed by atoms with van der Waals surface area (Å²) in [5.41, 5.74) is 1.32. The third-order valence-corrected chi connectivity index (χ3v) is 4.39. The molecule has 4 heteroatoms. The molecule has 1 saturated heterocycles. The molecule has 2 rings (SSSR count). The Balaban J connectivity index is 1.66. The molecule has 0 bridgehead atoms. The fourth-order valence-electron chi connectivity index (χ4n) is 2.73. The maximum Gasteiger partial charge on any atom is 0.220 e. The summed E-state index contributed by atoms with van der Waals surface area (Å²) in [6, 6.07) is 10.4. The van der Waals surface area contributed by atoms with Crippen molar-refractivity contribution in [1.82, 2.24) is 10.2 Å². The molecule has 0 atom stereocenters. The summed E-state index contributed by atoms with van der Waals surface area (Å²) >= 11 is 0. The first kappa shape index (κ1) is 17.0. The molecule has 1 aliphatic rings. The van der Waals surface area contributed by atoms with E-state index in [2.05, 4.69) is 48.3 Å². The molecule has 0 radical (unpaired) electrons. The van der Waals surface area contributed by atoms with E-state index in [0.717, 1.165) is 45.8 Å². The van der Waals surface area contributed by atoms with Crippen molar-refractivity contribution in [1.29, 1.82) is 0 Å². The molecule has 1 fully saturated rings. The van der Waals surface area contributed by atoms with E-state index in [1.54, 1.807) is 0 Å². The predicted octanol–water partition coefficient (Wildman–Crippen LogP) is 2.19. The number of hydrogen-bond acceptors (Lipinski definition) is 3. The summed E-state index contributed by atoms with van der Waals surface area (Å²) in [4.78, 5) is 14.3. The van der Waals surface area contributed by atoms with Gasteiger partial charge in [0.2, 0.25) is 5.91 Å². The highest BCUT2D eigenvalue weighted by molar-refractivity contribution is 5.76. The van der Waals surface area contributed by atoms with Crippen molar-refractivity contribution in [3.8, 4) is 0 Å². The van der Waals surface area contributed by atoms with E-state index in [1.165, 1.54) is 5.56 Å². The lowest BCUT2D eigenvalue weighted by atomic mass is 9.80. The van der Waals surface area contributed by atoms with Crippen LogP contribution in [0.2, 0.25) is 0 Å². The third kappa shape index (κ3) is 5.43. The lowest BCUT2D eigenvalue weighted by Gasteiger charge is -2.27. The summed E-state index contributed by atoms with van der Waals surface area (Å²) in [6.07, 6.45) is 1.44. The molecule has 1 aromatic rings. The SMILES string of the molecule is CC(C)(CCC(=O)NCCN1CCOCC1)c1ccccc1. The molecule has 1 aliphatic heterocycles. The van der Waals surface area contributed by atoms with E-state index in [9.17, 15) is 4.79 Å². The molecule has 22 heavy (non-hydrogen) atoms. The van der Waals surface area contributed by atoms with Gasteiger partial charge in [-0.3, -0.25) is 9.69 Å². The molecular weight excluding hydrogens is 276 g/mol. The van der Waals surface area contributed by atoms with Crippen LogP contribution in [-0.2, 0) is 14.9 Å². The number of rotatable bonds is 7. The van der Waals surface area contributed by atoms with E-state index < -0.39 is 0 Å². The van der Waals surface area contributed by atoms with Gasteiger partial charge in [0, 0.05) is 32.6 Å². The molecule has 1 amide bonds. The maximum absolute atomic E-state index is 12.0. The highest BCUT2D eigenvalue weighted by Gasteiger charge is 2.21. The number of nitrogens with one attached hydrogen (secondary N) is 1. The summed E-state index contributed by atoms with van der Waals surface area (Å²) in [5, 5.41) is 3.03. The van der Waals surface area contributed by atoms with Crippen LogP contribution in [0.25, 0.3) is 0 Å². The van der Waals surface area contributed by atoms with Crippen LogP contribution in [0.4, 0.5) is 0 Å². The number of ether oxygens (including phenoxy) is 1. The van der Waals surface area contributed by atoms with Crippen LogP contribution < -0.4 is 5.32 Å². The highest BCUT2D eigenvalue weighted by atomic mass is 16.5. The lowest BCUT2D eigenvalue weighted by molar-refractivity contribution is -0.121. The van der Waals surface area contributed by atoms with Gasteiger partial charge < -0.3 is 10.1 Å². The fraction of sp³-hybridized carbons (Fsp3) is 0.611. The van der Waals surface area contributed by atoms with Crippen molar-refractivity contribution in [2.45, 2.75) is 32.1 Å². The van der Waals surface area contributed by atoms with E-state index in [-0.39, 0.29) is 11.3 Å². The zero-order chi connectivity index (χ0) is 15.8. The zero-order valence-electron chi connectivity index (χ0n) is 13.8.